The van der Waals surface area contributed by atoms with Crippen LogP contribution in [0.15, 0.2) is 41.0 Å². The molecule has 58 valence electrons. The molecule has 0 aromatic heterocycles. The third-order valence-corrected chi connectivity index (χ3v) is 1.68. The van der Waals surface area contributed by atoms with Gasteiger partial charge in [-0.25, -0.2) is 0 Å². The summed E-state index contributed by atoms with van der Waals surface area (Å²) in [6, 6.07) is 7.98. The van der Waals surface area contributed by atoms with Crippen LogP contribution in [0.2, 0.25) is 0 Å². The lowest BCUT2D eigenvalue weighted by Crippen LogP contribution is -1.92. The molecule has 2 heteroatoms. The molecule has 0 saturated carbocycles. The molecular formula is C9H10BrN. The highest BCUT2D eigenvalue weighted by atomic mass is 79.9. The van der Waals surface area contributed by atoms with E-state index in [1.165, 1.54) is 0 Å². The van der Waals surface area contributed by atoms with Crippen LogP contribution in [0.5, 0.6) is 0 Å². The fourth-order valence-electron chi connectivity index (χ4n) is 0.813. The van der Waals surface area contributed by atoms with Crippen LogP contribution in [-0.4, -0.2) is 0 Å². The number of halogens is 1. The van der Waals surface area contributed by atoms with Gasteiger partial charge in [0.25, 0.3) is 0 Å². The number of hydrogen-bond donors (Lipinski definition) is 1. The lowest BCUT2D eigenvalue weighted by molar-refractivity contribution is 1.39. The van der Waals surface area contributed by atoms with Gasteiger partial charge in [0.2, 0.25) is 0 Å². The van der Waals surface area contributed by atoms with Gasteiger partial charge in [0, 0.05) is 15.9 Å². The standard InChI is InChI=1S/C9H10BrN/c1-7(2)11-9-5-3-4-8(10)6-9/h3-6,11H,1H2,2H3. The van der Waals surface area contributed by atoms with Crippen molar-refractivity contribution in [1.82, 2.24) is 0 Å². The summed E-state index contributed by atoms with van der Waals surface area (Å²) in [7, 11) is 0. The number of nitrogens with one attached hydrogen (secondary N) is 1. The average molecular weight is 212 g/mol. The number of benzene rings is 1. The topological polar surface area (TPSA) is 12.0 Å². The summed E-state index contributed by atoms with van der Waals surface area (Å²) >= 11 is 3.38. The molecule has 1 nitrogen and oxygen atoms in total. The lowest BCUT2D eigenvalue weighted by Gasteiger charge is -2.04. The third kappa shape index (κ3) is 2.76. The van der Waals surface area contributed by atoms with E-state index >= 15 is 0 Å². The van der Waals surface area contributed by atoms with Crippen molar-refractivity contribution < 1.29 is 0 Å². The third-order valence-electron chi connectivity index (χ3n) is 1.18. The average Bonchev–Trinajstić information content (AvgIpc) is 1.85. The Morgan fingerprint density at radius 3 is 2.82 bits per heavy atom. The summed E-state index contributed by atoms with van der Waals surface area (Å²) < 4.78 is 1.07. The van der Waals surface area contributed by atoms with E-state index in [0.717, 1.165) is 15.9 Å². The molecule has 0 heterocycles. The lowest BCUT2D eigenvalue weighted by atomic mass is 10.3. The summed E-state index contributed by atoms with van der Waals surface area (Å²) in [5, 5.41) is 3.12. The van der Waals surface area contributed by atoms with Gasteiger partial charge in [0.1, 0.15) is 0 Å². The van der Waals surface area contributed by atoms with E-state index < -0.39 is 0 Å². The Morgan fingerprint density at radius 1 is 1.55 bits per heavy atom. The molecule has 1 aromatic carbocycles. The van der Waals surface area contributed by atoms with Crippen molar-refractivity contribution in [2.75, 3.05) is 5.32 Å². The van der Waals surface area contributed by atoms with E-state index in [0.29, 0.717) is 0 Å². The highest BCUT2D eigenvalue weighted by Crippen LogP contribution is 2.16. The van der Waals surface area contributed by atoms with Gasteiger partial charge in [-0.3, -0.25) is 0 Å². The van der Waals surface area contributed by atoms with Crippen molar-refractivity contribution in [3.63, 3.8) is 0 Å². The molecule has 0 bridgehead atoms. The van der Waals surface area contributed by atoms with Crippen LogP contribution in [-0.2, 0) is 0 Å². The minimum absolute atomic E-state index is 0.947. The first-order chi connectivity index (χ1) is 5.18. The summed E-state index contributed by atoms with van der Waals surface area (Å²) in [6.45, 7) is 5.69. The van der Waals surface area contributed by atoms with Gasteiger partial charge in [0.05, 0.1) is 0 Å². The summed E-state index contributed by atoms with van der Waals surface area (Å²) in [5.74, 6) is 0. The Bertz CT molecular complexity index is 268. The molecule has 0 aliphatic carbocycles. The monoisotopic (exact) mass is 211 g/mol. The fraction of sp³-hybridized carbons (Fsp3) is 0.111. The van der Waals surface area contributed by atoms with Gasteiger partial charge in [-0.1, -0.05) is 28.6 Å². The molecule has 0 unspecified atom stereocenters. The van der Waals surface area contributed by atoms with E-state index in [-0.39, 0.29) is 0 Å². The largest absolute Gasteiger partial charge is 0.360 e. The SMILES string of the molecule is C=C(C)Nc1cccc(Br)c1. The van der Waals surface area contributed by atoms with Gasteiger partial charge >= 0.3 is 0 Å². The summed E-state index contributed by atoms with van der Waals surface area (Å²) in [5.41, 5.74) is 2.01. The number of allylic oxidation sites excluding steroid dienone is 1. The maximum absolute atomic E-state index is 3.75. The highest BCUT2D eigenvalue weighted by Gasteiger charge is 1.90. The van der Waals surface area contributed by atoms with Gasteiger partial charge in [0.15, 0.2) is 0 Å². The number of hydrogen-bond acceptors (Lipinski definition) is 1. The second kappa shape index (κ2) is 3.58. The van der Waals surface area contributed by atoms with Gasteiger partial charge in [-0.05, 0) is 25.1 Å². The molecule has 11 heavy (non-hydrogen) atoms. The molecule has 1 N–H and O–H groups in total. The van der Waals surface area contributed by atoms with E-state index in [2.05, 4.69) is 27.8 Å². The van der Waals surface area contributed by atoms with Crippen LogP contribution in [0.25, 0.3) is 0 Å². The minimum Gasteiger partial charge on any atom is -0.360 e. The van der Waals surface area contributed by atoms with Crippen LogP contribution in [0, 0.1) is 0 Å². The predicted molar refractivity (Wildman–Crippen MR) is 52.6 cm³/mol. The zero-order valence-electron chi connectivity index (χ0n) is 6.39. The predicted octanol–water partition coefficient (Wildman–Crippen LogP) is 3.39. The zero-order chi connectivity index (χ0) is 8.27. The Hall–Kier alpha value is -0.760. The maximum atomic E-state index is 3.75. The minimum atomic E-state index is 0.947. The first kappa shape index (κ1) is 8.34. The van der Waals surface area contributed by atoms with Crippen molar-refractivity contribution >= 4 is 21.6 Å². The second-order valence-electron chi connectivity index (χ2n) is 2.42. The molecule has 1 rings (SSSR count). The highest BCUT2D eigenvalue weighted by molar-refractivity contribution is 9.10. The Morgan fingerprint density at radius 2 is 2.27 bits per heavy atom. The molecule has 0 fully saturated rings. The molecule has 0 aliphatic heterocycles. The van der Waals surface area contributed by atoms with Crippen molar-refractivity contribution in [2.24, 2.45) is 0 Å². The van der Waals surface area contributed by atoms with Crippen molar-refractivity contribution in [3.8, 4) is 0 Å². The Labute approximate surface area is 75.3 Å². The van der Waals surface area contributed by atoms with Crippen molar-refractivity contribution in [3.05, 3.63) is 41.0 Å². The van der Waals surface area contributed by atoms with Crippen molar-refractivity contribution in [2.45, 2.75) is 6.92 Å². The molecule has 0 amide bonds. The summed E-state index contributed by atoms with van der Waals surface area (Å²) in [4.78, 5) is 0. The van der Waals surface area contributed by atoms with Gasteiger partial charge in [-0.15, -0.1) is 0 Å². The molecule has 0 aliphatic rings. The maximum Gasteiger partial charge on any atom is 0.0392 e. The molecule has 0 atom stereocenters. The van der Waals surface area contributed by atoms with E-state index in [4.69, 9.17) is 0 Å². The van der Waals surface area contributed by atoms with Crippen LogP contribution in [0.3, 0.4) is 0 Å². The number of rotatable bonds is 2. The number of anilines is 1. The second-order valence-corrected chi connectivity index (χ2v) is 3.33. The van der Waals surface area contributed by atoms with E-state index in [1.54, 1.807) is 0 Å². The molecule has 0 radical (unpaired) electrons. The Kier molecular flexibility index (Phi) is 2.71. The molecule has 0 spiro atoms. The molecule has 0 saturated heterocycles. The molecule has 1 aromatic rings. The van der Waals surface area contributed by atoms with Gasteiger partial charge < -0.3 is 5.32 Å². The molecular weight excluding hydrogens is 202 g/mol. The van der Waals surface area contributed by atoms with Gasteiger partial charge in [-0.2, -0.15) is 0 Å². The van der Waals surface area contributed by atoms with E-state index in [1.807, 2.05) is 31.2 Å². The smallest absolute Gasteiger partial charge is 0.0392 e. The van der Waals surface area contributed by atoms with E-state index in [9.17, 15) is 0 Å². The van der Waals surface area contributed by atoms with Crippen LogP contribution in [0.4, 0.5) is 5.69 Å². The van der Waals surface area contributed by atoms with Crippen LogP contribution < -0.4 is 5.32 Å². The zero-order valence-corrected chi connectivity index (χ0v) is 7.98. The summed E-state index contributed by atoms with van der Waals surface area (Å²) in [6.07, 6.45) is 0. The first-order valence-corrected chi connectivity index (χ1v) is 4.16. The first-order valence-electron chi connectivity index (χ1n) is 3.36. The van der Waals surface area contributed by atoms with Crippen molar-refractivity contribution in [1.29, 1.82) is 0 Å². The van der Waals surface area contributed by atoms with Crippen LogP contribution >= 0.6 is 15.9 Å². The van der Waals surface area contributed by atoms with Crippen LogP contribution in [0.1, 0.15) is 6.92 Å². The normalized spacial score (nSPS) is 9.27. The fourth-order valence-corrected chi connectivity index (χ4v) is 1.21. The Balaban J connectivity index is 2.79. The quantitative estimate of drug-likeness (QED) is 0.792.